The number of carbonyl (C=O) groups excluding carboxylic acids is 4. The van der Waals surface area contributed by atoms with Crippen LogP contribution in [0.15, 0.2) is 0 Å². The first-order valence-corrected chi connectivity index (χ1v) is 10.3. The van der Waals surface area contributed by atoms with Crippen molar-refractivity contribution in [1.82, 2.24) is 16.0 Å². The van der Waals surface area contributed by atoms with E-state index in [4.69, 9.17) is 21.7 Å². The van der Waals surface area contributed by atoms with E-state index in [0.29, 0.717) is 6.42 Å². The summed E-state index contributed by atoms with van der Waals surface area (Å²) in [5.41, 5.74) is 10.9. The van der Waals surface area contributed by atoms with Gasteiger partial charge in [-0.3, -0.25) is 24.0 Å². The molecule has 0 bridgehead atoms. The van der Waals surface area contributed by atoms with Gasteiger partial charge in [0.05, 0.1) is 12.6 Å². The Morgan fingerprint density at radius 1 is 0.818 bits per heavy atom. The first-order chi connectivity index (χ1) is 15.3. The number of aliphatic hydroxyl groups is 1. The molecule has 5 unspecified atom stereocenters. The number of aliphatic hydroxyl groups excluding tert-OH is 1. The highest BCUT2D eigenvalue weighted by Crippen LogP contribution is 2.07. The standard InChI is InChI=1S/C19H33N5O9/c1-3-9(2)15(21)18(31)22-10(4-6-13(20)26)16(29)24-12(8-25)17(30)23-11(19(32)33)5-7-14(27)28/h9-12,15,25H,3-8,21H2,1-2H3,(H2,20,26)(H,22,31)(H,23,30)(H,24,29)(H,27,28)(H,32,33). The number of nitrogens with two attached hydrogens (primary N) is 2. The second-order valence-corrected chi connectivity index (χ2v) is 7.55. The summed E-state index contributed by atoms with van der Waals surface area (Å²) in [6, 6.07) is -5.44. The largest absolute Gasteiger partial charge is 0.481 e. The molecule has 0 aliphatic heterocycles. The fourth-order valence-corrected chi connectivity index (χ4v) is 2.60. The van der Waals surface area contributed by atoms with Gasteiger partial charge in [0.2, 0.25) is 23.6 Å². The fraction of sp³-hybridized carbons (Fsp3) is 0.684. The fourth-order valence-electron chi connectivity index (χ4n) is 2.60. The van der Waals surface area contributed by atoms with Crippen molar-refractivity contribution in [1.29, 1.82) is 0 Å². The van der Waals surface area contributed by atoms with Gasteiger partial charge in [-0.2, -0.15) is 0 Å². The maximum atomic E-state index is 12.7. The Hall–Kier alpha value is -3.26. The molecule has 33 heavy (non-hydrogen) atoms. The average molecular weight is 475 g/mol. The first-order valence-electron chi connectivity index (χ1n) is 10.3. The van der Waals surface area contributed by atoms with Crippen molar-refractivity contribution >= 4 is 35.6 Å². The molecule has 0 saturated carbocycles. The van der Waals surface area contributed by atoms with E-state index in [1.807, 2.05) is 12.2 Å². The molecule has 10 N–H and O–H groups in total. The summed E-state index contributed by atoms with van der Waals surface area (Å²) in [4.78, 5) is 70.4. The van der Waals surface area contributed by atoms with Crippen LogP contribution < -0.4 is 27.4 Å². The smallest absolute Gasteiger partial charge is 0.326 e. The zero-order valence-corrected chi connectivity index (χ0v) is 18.6. The SMILES string of the molecule is CCC(C)C(N)C(=O)NC(CCC(N)=O)C(=O)NC(CO)C(=O)NC(CCC(=O)O)C(=O)O. The Morgan fingerprint density at radius 3 is 1.76 bits per heavy atom. The molecule has 0 aliphatic carbocycles. The molecular formula is C19H33N5O9. The van der Waals surface area contributed by atoms with E-state index in [9.17, 15) is 33.9 Å². The third kappa shape index (κ3) is 11.2. The molecular weight excluding hydrogens is 442 g/mol. The number of nitrogens with one attached hydrogen (secondary N) is 3. The lowest BCUT2D eigenvalue weighted by atomic mass is 9.98. The van der Waals surface area contributed by atoms with Crippen LogP contribution >= 0.6 is 0 Å². The van der Waals surface area contributed by atoms with Crippen LogP contribution in [0.3, 0.4) is 0 Å². The second kappa shape index (κ2) is 14.7. The van der Waals surface area contributed by atoms with Crippen LogP contribution in [0.25, 0.3) is 0 Å². The molecule has 0 heterocycles. The zero-order valence-electron chi connectivity index (χ0n) is 18.6. The molecule has 14 heteroatoms. The van der Waals surface area contributed by atoms with Gasteiger partial charge in [0.1, 0.15) is 18.1 Å². The molecule has 0 aromatic carbocycles. The Labute approximate surface area is 190 Å². The molecule has 0 radical (unpaired) electrons. The second-order valence-electron chi connectivity index (χ2n) is 7.55. The minimum absolute atomic E-state index is 0.209. The van der Waals surface area contributed by atoms with Gasteiger partial charge in [-0.15, -0.1) is 0 Å². The normalized spacial score (nSPS) is 15.3. The van der Waals surface area contributed by atoms with Gasteiger partial charge >= 0.3 is 11.9 Å². The highest BCUT2D eigenvalue weighted by Gasteiger charge is 2.31. The molecule has 14 nitrogen and oxygen atoms in total. The Bertz CT molecular complexity index is 730. The van der Waals surface area contributed by atoms with Gasteiger partial charge in [-0.1, -0.05) is 20.3 Å². The van der Waals surface area contributed by atoms with Crippen LogP contribution in [0.4, 0.5) is 0 Å². The van der Waals surface area contributed by atoms with Gasteiger partial charge in [0.15, 0.2) is 0 Å². The number of hydrogen-bond acceptors (Lipinski definition) is 8. The summed E-state index contributed by atoms with van der Waals surface area (Å²) in [6.45, 7) is 2.63. The Kier molecular flexibility index (Phi) is 13.3. The minimum atomic E-state index is -1.61. The van der Waals surface area contributed by atoms with Gasteiger partial charge in [-0.05, 0) is 18.8 Å². The summed E-state index contributed by atoms with van der Waals surface area (Å²) in [6.07, 6.45) is -0.857. The van der Waals surface area contributed by atoms with Crippen LogP contribution in [0, 0.1) is 5.92 Å². The molecule has 0 rings (SSSR count). The lowest BCUT2D eigenvalue weighted by molar-refractivity contribution is -0.143. The summed E-state index contributed by atoms with van der Waals surface area (Å²) in [7, 11) is 0. The lowest BCUT2D eigenvalue weighted by Gasteiger charge is -2.25. The molecule has 0 aliphatic rings. The number of hydrogen-bond donors (Lipinski definition) is 8. The number of carboxylic acid groups (broad SMARTS) is 2. The van der Waals surface area contributed by atoms with E-state index in [1.54, 1.807) is 6.92 Å². The number of rotatable bonds is 16. The van der Waals surface area contributed by atoms with Crippen LogP contribution in [-0.4, -0.2) is 81.7 Å². The predicted molar refractivity (Wildman–Crippen MR) is 113 cm³/mol. The number of carbonyl (C=O) groups is 6. The maximum absolute atomic E-state index is 12.7. The molecule has 0 aromatic rings. The Balaban J connectivity index is 5.34. The van der Waals surface area contributed by atoms with Gasteiger partial charge in [0.25, 0.3) is 0 Å². The monoisotopic (exact) mass is 475 g/mol. The average Bonchev–Trinajstić information content (AvgIpc) is 2.75. The predicted octanol–water partition coefficient (Wildman–Crippen LogP) is -2.98. The van der Waals surface area contributed by atoms with Crippen molar-refractivity contribution in [2.45, 2.75) is 70.1 Å². The van der Waals surface area contributed by atoms with Crippen LogP contribution in [0.1, 0.15) is 46.0 Å². The summed E-state index contributed by atoms with van der Waals surface area (Å²) < 4.78 is 0. The third-order valence-electron chi connectivity index (χ3n) is 4.95. The van der Waals surface area contributed by atoms with Crippen molar-refractivity contribution in [3.8, 4) is 0 Å². The molecule has 188 valence electrons. The van der Waals surface area contributed by atoms with Gasteiger partial charge in [0, 0.05) is 12.8 Å². The van der Waals surface area contributed by atoms with Gasteiger partial charge < -0.3 is 42.7 Å². The van der Waals surface area contributed by atoms with E-state index in [2.05, 4.69) is 10.6 Å². The van der Waals surface area contributed by atoms with Crippen LogP contribution in [-0.2, 0) is 28.8 Å². The number of amides is 4. The van der Waals surface area contributed by atoms with Crippen LogP contribution in [0.2, 0.25) is 0 Å². The Morgan fingerprint density at radius 2 is 1.30 bits per heavy atom. The summed E-state index contributed by atoms with van der Waals surface area (Å²) in [5.74, 6) is -6.41. The van der Waals surface area contributed by atoms with Gasteiger partial charge in [-0.25, -0.2) is 4.79 Å². The van der Waals surface area contributed by atoms with E-state index in [0.717, 1.165) is 0 Å². The minimum Gasteiger partial charge on any atom is -0.481 e. The maximum Gasteiger partial charge on any atom is 0.326 e. The molecule has 0 spiro atoms. The van der Waals surface area contributed by atoms with Crippen molar-refractivity contribution in [3.05, 3.63) is 0 Å². The zero-order chi connectivity index (χ0) is 25.7. The van der Waals surface area contributed by atoms with E-state index in [1.165, 1.54) is 0 Å². The van der Waals surface area contributed by atoms with Crippen LogP contribution in [0.5, 0.6) is 0 Å². The van der Waals surface area contributed by atoms with E-state index < -0.39 is 79.2 Å². The lowest BCUT2D eigenvalue weighted by Crippen LogP contribution is -2.58. The molecule has 4 amide bonds. The molecule has 5 atom stereocenters. The van der Waals surface area contributed by atoms with Crippen molar-refractivity contribution < 1.29 is 44.1 Å². The van der Waals surface area contributed by atoms with Crippen molar-refractivity contribution in [2.75, 3.05) is 6.61 Å². The summed E-state index contributed by atoms with van der Waals surface area (Å²) >= 11 is 0. The van der Waals surface area contributed by atoms with E-state index >= 15 is 0 Å². The number of aliphatic carboxylic acids is 2. The quantitative estimate of drug-likeness (QED) is 0.112. The van der Waals surface area contributed by atoms with E-state index in [-0.39, 0.29) is 18.8 Å². The highest BCUT2D eigenvalue weighted by molar-refractivity contribution is 5.94. The van der Waals surface area contributed by atoms with Crippen molar-refractivity contribution in [2.24, 2.45) is 17.4 Å². The summed E-state index contributed by atoms with van der Waals surface area (Å²) in [5, 5.41) is 33.9. The third-order valence-corrected chi connectivity index (χ3v) is 4.95. The first kappa shape index (κ1) is 29.7. The molecule has 0 aromatic heterocycles. The highest BCUT2D eigenvalue weighted by atomic mass is 16.4. The number of carboxylic acids is 2. The molecule has 0 saturated heterocycles. The van der Waals surface area contributed by atoms with Crippen molar-refractivity contribution in [3.63, 3.8) is 0 Å². The number of primary amides is 1. The topological polar surface area (TPSA) is 251 Å². The molecule has 0 fully saturated rings.